The van der Waals surface area contributed by atoms with E-state index in [2.05, 4.69) is 34.6 Å². The first-order chi connectivity index (χ1) is 48.5. The van der Waals surface area contributed by atoms with Gasteiger partial charge in [0.2, 0.25) is 0 Å². The predicted molar refractivity (Wildman–Crippen MR) is 409 cm³/mol. The number of ether oxygens (including phenoxy) is 4. The van der Waals surface area contributed by atoms with Crippen LogP contribution in [0.25, 0.3) is 0 Å². The van der Waals surface area contributed by atoms with Crippen LogP contribution in [0.15, 0.2) is 0 Å². The summed E-state index contributed by atoms with van der Waals surface area (Å²) in [5.41, 5.74) is 0. The van der Waals surface area contributed by atoms with Gasteiger partial charge in [0.15, 0.2) is 12.2 Å². The van der Waals surface area contributed by atoms with Crippen molar-refractivity contribution in [2.75, 3.05) is 39.6 Å². The molecule has 17 nitrogen and oxygen atoms in total. The first-order valence-corrected chi connectivity index (χ1v) is 45.1. The summed E-state index contributed by atoms with van der Waals surface area (Å²) in [6.07, 6.45) is 65.0. The summed E-state index contributed by atoms with van der Waals surface area (Å²) in [6, 6.07) is 0. The van der Waals surface area contributed by atoms with Gasteiger partial charge in [0.05, 0.1) is 26.4 Å². The quantitative estimate of drug-likeness (QED) is 0.0222. The van der Waals surface area contributed by atoms with Crippen LogP contribution in [-0.4, -0.2) is 96.7 Å². The topological polar surface area (TPSA) is 237 Å². The van der Waals surface area contributed by atoms with E-state index >= 15 is 0 Å². The molecule has 3 N–H and O–H groups in total. The number of esters is 4. The van der Waals surface area contributed by atoms with Crippen molar-refractivity contribution >= 4 is 39.5 Å². The maximum Gasteiger partial charge on any atom is 0.472 e. The largest absolute Gasteiger partial charge is 0.472 e. The number of hydrogen-bond acceptors (Lipinski definition) is 15. The van der Waals surface area contributed by atoms with Gasteiger partial charge < -0.3 is 33.8 Å². The summed E-state index contributed by atoms with van der Waals surface area (Å²) in [5, 5.41) is 10.6. The van der Waals surface area contributed by atoms with E-state index in [4.69, 9.17) is 37.0 Å². The molecule has 0 aliphatic rings. The molecule has 0 aromatic carbocycles. The van der Waals surface area contributed by atoms with Gasteiger partial charge in [0.25, 0.3) is 0 Å². The number of hydrogen-bond donors (Lipinski definition) is 3. The van der Waals surface area contributed by atoms with Gasteiger partial charge in [-0.05, 0) is 31.6 Å². The van der Waals surface area contributed by atoms with Crippen LogP contribution in [0.4, 0.5) is 0 Å². The van der Waals surface area contributed by atoms with E-state index in [0.717, 1.165) is 95.8 Å². The Bertz CT molecular complexity index is 1910. The maximum atomic E-state index is 13.1. The Kier molecular flexibility index (Phi) is 72.5. The van der Waals surface area contributed by atoms with E-state index < -0.39 is 97.5 Å². The van der Waals surface area contributed by atoms with Crippen LogP contribution in [0, 0.1) is 5.92 Å². The summed E-state index contributed by atoms with van der Waals surface area (Å²) in [5.74, 6) is -1.31. The molecule has 0 aliphatic heterocycles. The lowest BCUT2D eigenvalue weighted by Gasteiger charge is -2.21. The van der Waals surface area contributed by atoms with Gasteiger partial charge in [-0.15, -0.1) is 0 Å². The zero-order valence-electron chi connectivity index (χ0n) is 65.3. The number of unbranched alkanes of at least 4 members (excludes halogenated alkanes) is 53. The van der Waals surface area contributed by atoms with Crippen LogP contribution in [0.2, 0.25) is 0 Å². The molecule has 0 rings (SSSR count). The molecule has 5 atom stereocenters. The molecule has 0 aliphatic carbocycles. The smallest absolute Gasteiger partial charge is 0.462 e. The van der Waals surface area contributed by atoms with Crippen molar-refractivity contribution in [3.05, 3.63) is 0 Å². The third-order valence-electron chi connectivity index (χ3n) is 19.0. The minimum absolute atomic E-state index is 0.108. The van der Waals surface area contributed by atoms with E-state index in [9.17, 15) is 43.2 Å². The lowest BCUT2D eigenvalue weighted by Crippen LogP contribution is -2.30. The van der Waals surface area contributed by atoms with Crippen LogP contribution in [0.3, 0.4) is 0 Å². The molecule has 0 spiro atoms. The molecule has 19 heteroatoms. The van der Waals surface area contributed by atoms with Crippen LogP contribution in [0.5, 0.6) is 0 Å². The molecule has 0 aromatic heterocycles. The monoisotopic (exact) mass is 1470 g/mol. The van der Waals surface area contributed by atoms with E-state index in [1.54, 1.807) is 0 Å². The standard InChI is InChI=1S/C81H158O17P2/c1-6-9-12-15-18-21-24-27-28-29-30-36-40-45-50-55-60-65-79(84)92-71-77(98-81(86)67-62-57-52-47-42-37-32-31-35-38-43-48-53-58-63-74(4)5)73-96-100(89,90)94-69-75(82)68-93-99(87,88)95-72-76(97-80(85)66-61-56-51-46-41-34-26-23-20-17-14-11-8-3)70-91-78(83)64-59-54-49-44-39-33-25-22-19-16-13-10-7-2/h74-77,82H,6-73H2,1-5H3,(H,87,88)(H,89,90)/t75-,76+,77+/m0/s1. The highest BCUT2D eigenvalue weighted by Crippen LogP contribution is 2.45. The second kappa shape index (κ2) is 73.9. The minimum Gasteiger partial charge on any atom is -0.462 e. The zero-order valence-corrected chi connectivity index (χ0v) is 67.1. The van der Waals surface area contributed by atoms with Crippen molar-refractivity contribution in [3.63, 3.8) is 0 Å². The lowest BCUT2D eigenvalue weighted by atomic mass is 10.0. The fourth-order valence-electron chi connectivity index (χ4n) is 12.6. The number of carbonyl (C=O) groups excluding carboxylic acids is 4. The summed E-state index contributed by atoms with van der Waals surface area (Å²) in [7, 11) is -9.92. The van der Waals surface area contributed by atoms with E-state index in [0.29, 0.717) is 25.7 Å². The van der Waals surface area contributed by atoms with Crippen molar-refractivity contribution in [3.8, 4) is 0 Å². The molecule has 0 radical (unpaired) electrons. The van der Waals surface area contributed by atoms with Gasteiger partial charge in [-0.25, -0.2) is 9.13 Å². The summed E-state index contributed by atoms with van der Waals surface area (Å²) >= 11 is 0. The van der Waals surface area contributed by atoms with Crippen molar-refractivity contribution < 1.29 is 80.2 Å². The van der Waals surface area contributed by atoms with E-state index in [1.165, 1.54) is 257 Å². The molecule has 0 heterocycles. The fourth-order valence-corrected chi connectivity index (χ4v) is 14.2. The van der Waals surface area contributed by atoms with Crippen LogP contribution in [0.1, 0.15) is 433 Å². The molecule has 0 bridgehead atoms. The minimum atomic E-state index is -4.96. The van der Waals surface area contributed by atoms with Gasteiger partial charge in [-0.1, -0.05) is 381 Å². The summed E-state index contributed by atoms with van der Waals surface area (Å²) in [4.78, 5) is 73.1. The number of aliphatic hydroxyl groups is 1. The van der Waals surface area contributed by atoms with Gasteiger partial charge in [0.1, 0.15) is 19.3 Å². The second-order valence-corrected chi connectivity index (χ2v) is 32.5. The maximum absolute atomic E-state index is 13.1. The average molecular weight is 1470 g/mol. The molecule has 0 amide bonds. The Balaban J connectivity index is 5.26. The molecule has 0 saturated carbocycles. The summed E-state index contributed by atoms with van der Waals surface area (Å²) in [6.45, 7) is 7.36. The van der Waals surface area contributed by atoms with Gasteiger partial charge in [-0.3, -0.25) is 37.3 Å². The van der Waals surface area contributed by atoms with E-state index in [1.807, 2.05) is 0 Å². The van der Waals surface area contributed by atoms with Crippen molar-refractivity contribution in [1.29, 1.82) is 0 Å². The molecule has 100 heavy (non-hydrogen) atoms. The van der Waals surface area contributed by atoms with Crippen molar-refractivity contribution in [2.24, 2.45) is 5.92 Å². The number of aliphatic hydroxyl groups excluding tert-OH is 1. The Morgan fingerprint density at radius 1 is 0.270 bits per heavy atom. The third kappa shape index (κ3) is 74.3. The van der Waals surface area contributed by atoms with Gasteiger partial charge >= 0.3 is 39.5 Å². The highest BCUT2D eigenvalue weighted by atomic mass is 31.2. The Morgan fingerprint density at radius 3 is 0.680 bits per heavy atom. The van der Waals surface area contributed by atoms with E-state index in [-0.39, 0.29) is 25.7 Å². The second-order valence-electron chi connectivity index (χ2n) is 29.6. The Hall–Kier alpha value is -1.94. The lowest BCUT2D eigenvalue weighted by molar-refractivity contribution is -0.161. The molecular weight excluding hydrogens is 1310 g/mol. The van der Waals surface area contributed by atoms with Crippen LogP contribution < -0.4 is 0 Å². The molecule has 594 valence electrons. The normalized spacial score (nSPS) is 13.8. The molecule has 2 unspecified atom stereocenters. The third-order valence-corrected chi connectivity index (χ3v) is 20.9. The molecule has 0 fully saturated rings. The predicted octanol–water partition coefficient (Wildman–Crippen LogP) is 24.4. The first-order valence-electron chi connectivity index (χ1n) is 42.1. The molecule has 0 aromatic rings. The SMILES string of the molecule is CCCCCCCCCCCCCCCCCCCC(=O)OC[C@H](COP(=O)(O)OC[C@@H](O)COP(=O)(O)OC[C@@H](COC(=O)CCCCCCCCCCCCCCC)OC(=O)CCCCCCCCCCCCCCC)OC(=O)CCCCCCCCCCCCCCCCC(C)C. The number of phosphoric ester groups is 2. The van der Waals surface area contributed by atoms with Crippen LogP contribution >= 0.6 is 15.6 Å². The first kappa shape index (κ1) is 98.1. The average Bonchev–Trinajstić information content (AvgIpc) is 0.932. The van der Waals surface area contributed by atoms with Crippen molar-refractivity contribution in [2.45, 2.75) is 451 Å². The highest BCUT2D eigenvalue weighted by molar-refractivity contribution is 7.47. The highest BCUT2D eigenvalue weighted by Gasteiger charge is 2.30. The summed E-state index contributed by atoms with van der Waals surface area (Å²) < 4.78 is 68.8. The zero-order chi connectivity index (χ0) is 73.4. The number of carbonyl (C=O) groups is 4. The Morgan fingerprint density at radius 2 is 0.460 bits per heavy atom. The van der Waals surface area contributed by atoms with Crippen molar-refractivity contribution in [1.82, 2.24) is 0 Å². The van der Waals surface area contributed by atoms with Gasteiger partial charge in [0, 0.05) is 25.7 Å². The number of phosphoric acid groups is 2. The fraction of sp³-hybridized carbons (Fsp3) is 0.951. The molecule has 0 saturated heterocycles. The number of rotatable bonds is 81. The van der Waals surface area contributed by atoms with Crippen LogP contribution in [-0.2, 0) is 65.4 Å². The van der Waals surface area contributed by atoms with Gasteiger partial charge in [-0.2, -0.15) is 0 Å². The Labute approximate surface area is 613 Å². The molecular formula is C81H158O17P2.